The van der Waals surface area contributed by atoms with Gasteiger partial charge in [-0.25, -0.2) is 0 Å². The summed E-state index contributed by atoms with van der Waals surface area (Å²) >= 11 is 0. The summed E-state index contributed by atoms with van der Waals surface area (Å²) in [6.45, 7) is 4.35. The third kappa shape index (κ3) is 8.13. The van der Waals surface area contributed by atoms with Gasteiger partial charge in [0, 0.05) is 34.1 Å². The molecular formula is C72H52N2. The number of fused-ring (bicyclic) bond motifs is 6. The van der Waals surface area contributed by atoms with E-state index in [1.54, 1.807) is 0 Å². The Morgan fingerprint density at radius 1 is 0.216 bits per heavy atom. The lowest BCUT2D eigenvalue weighted by Gasteiger charge is -2.27. The van der Waals surface area contributed by atoms with Gasteiger partial charge in [0.25, 0.3) is 0 Å². The molecule has 2 heteroatoms. The molecule has 13 rings (SSSR count). The highest BCUT2D eigenvalue weighted by Crippen LogP contribution is 2.50. The molecule has 0 heterocycles. The average Bonchev–Trinajstić information content (AvgIpc) is 3.47. The number of benzene rings is 13. The van der Waals surface area contributed by atoms with Crippen molar-refractivity contribution in [3.05, 3.63) is 290 Å². The lowest BCUT2D eigenvalue weighted by Crippen LogP contribution is -2.09. The first kappa shape index (κ1) is 44.4. The quantitative estimate of drug-likeness (QED) is 0.0996. The van der Waals surface area contributed by atoms with Gasteiger partial charge in [0.1, 0.15) is 0 Å². The third-order valence-corrected chi connectivity index (χ3v) is 14.7. The Balaban J connectivity index is 1.03. The highest BCUT2D eigenvalue weighted by molar-refractivity contribution is 6.32. The Hall–Kier alpha value is -9.50. The Bertz CT molecular complexity index is 3860. The van der Waals surface area contributed by atoms with Crippen LogP contribution in [0.15, 0.2) is 279 Å². The van der Waals surface area contributed by atoms with Crippen molar-refractivity contribution in [1.29, 1.82) is 0 Å². The molecule has 0 aliphatic heterocycles. The monoisotopic (exact) mass is 944 g/mol. The number of rotatable bonds is 10. The minimum atomic E-state index is 1.10. The largest absolute Gasteiger partial charge is 0.310 e. The van der Waals surface area contributed by atoms with Crippen LogP contribution in [-0.4, -0.2) is 0 Å². The first-order valence-corrected chi connectivity index (χ1v) is 25.6. The van der Waals surface area contributed by atoms with Gasteiger partial charge in [-0.15, -0.1) is 0 Å². The zero-order valence-electron chi connectivity index (χ0n) is 41.5. The summed E-state index contributed by atoms with van der Waals surface area (Å²) in [7, 11) is 0. The smallest absolute Gasteiger partial charge is 0.0468 e. The molecule has 0 aromatic heterocycles. The molecule has 0 aliphatic rings. The maximum absolute atomic E-state index is 2.39. The molecule has 350 valence electrons. The molecule has 0 saturated heterocycles. The van der Waals surface area contributed by atoms with Gasteiger partial charge in [0.2, 0.25) is 0 Å². The molecule has 0 atom stereocenters. The Morgan fingerprint density at radius 2 is 0.500 bits per heavy atom. The summed E-state index contributed by atoms with van der Waals surface area (Å²) in [4.78, 5) is 4.74. The highest BCUT2D eigenvalue weighted by Gasteiger charge is 2.23. The SMILES string of the molecule is Cc1ccc(-c2c3ccc4cc(N(c5ccccc5)c5ccc(-c6ccccc6)cc5)ccc4c3c(-c3ccc(C)cc3)c3ccc4cc(N(c5ccccc5)c5ccc(-c6ccccc6)cc5)ccc4c23)cc1. The standard InChI is InChI=1S/C72H52N2/c1-49-23-27-55(28-24-49)69-67-43-35-58-48-64(74(60-21-13-6-14-22-60)62-39-33-54(34-40-62)52-17-9-4-10-18-52)42-46-66(58)72(67)70(56-29-25-50(2)26-30-56)68-44-36-57-47-63(41-45-65(57)71(68)69)73(59-19-11-5-12-20-59)61-37-31-53(32-38-61)51-15-7-3-8-16-51/h3-48H,1-2H3. The number of anilines is 6. The number of aryl methyl sites for hydroxylation is 2. The van der Waals surface area contributed by atoms with E-state index in [0.29, 0.717) is 0 Å². The van der Waals surface area contributed by atoms with Gasteiger partial charge < -0.3 is 9.80 Å². The summed E-state index contributed by atoms with van der Waals surface area (Å²) < 4.78 is 0. The maximum Gasteiger partial charge on any atom is 0.0468 e. The number of nitrogens with zero attached hydrogens (tertiary/aromatic N) is 2. The zero-order valence-corrected chi connectivity index (χ0v) is 41.5. The van der Waals surface area contributed by atoms with E-state index in [1.165, 1.54) is 98.7 Å². The topological polar surface area (TPSA) is 6.48 Å². The molecule has 0 fully saturated rings. The van der Waals surface area contributed by atoms with Crippen LogP contribution in [0.25, 0.3) is 87.6 Å². The van der Waals surface area contributed by atoms with Crippen molar-refractivity contribution in [2.24, 2.45) is 0 Å². The van der Waals surface area contributed by atoms with Crippen LogP contribution in [-0.2, 0) is 0 Å². The third-order valence-electron chi connectivity index (χ3n) is 14.7. The van der Waals surface area contributed by atoms with E-state index in [1.807, 2.05) is 0 Å². The normalized spacial score (nSPS) is 11.4. The van der Waals surface area contributed by atoms with Crippen LogP contribution in [0.3, 0.4) is 0 Å². The fraction of sp³-hybridized carbons (Fsp3) is 0.0278. The molecule has 0 bridgehead atoms. The van der Waals surface area contributed by atoms with Crippen LogP contribution in [0.5, 0.6) is 0 Å². The van der Waals surface area contributed by atoms with E-state index in [-0.39, 0.29) is 0 Å². The van der Waals surface area contributed by atoms with Crippen molar-refractivity contribution < 1.29 is 0 Å². The Morgan fingerprint density at radius 3 is 0.865 bits per heavy atom. The van der Waals surface area contributed by atoms with Crippen molar-refractivity contribution in [3.63, 3.8) is 0 Å². The minimum Gasteiger partial charge on any atom is -0.310 e. The molecule has 13 aromatic carbocycles. The first-order chi connectivity index (χ1) is 36.5. The summed E-state index contributed by atoms with van der Waals surface area (Å²) in [6.07, 6.45) is 0. The molecule has 74 heavy (non-hydrogen) atoms. The Labute approximate surface area is 433 Å². The van der Waals surface area contributed by atoms with E-state index in [4.69, 9.17) is 0 Å². The van der Waals surface area contributed by atoms with Crippen LogP contribution >= 0.6 is 0 Å². The van der Waals surface area contributed by atoms with Crippen molar-refractivity contribution in [1.82, 2.24) is 0 Å². The van der Waals surface area contributed by atoms with Gasteiger partial charge in [-0.3, -0.25) is 0 Å². The van der Waals surface area contributed by atoms with Crippen molar-refractivity contribution in [3.8, 4) is 44.5 Å². The van der Waals surface area contributed by atoms with Crippen LogP contribution in [0.2, 0.25) is 0 Å². The van der Waals surface area contributed by atoms with E-state index in [9.17, 15) is 0 Å². The molecule has 13 aromatic rings. The van der Waals surface area contributed by atoms with E-state index in [0.717, 1.165) is 34.1 Å². The molecule has 0 saturated carbocycles. The lowest BCUT2D eigenvalue weighted by molar-refractivity contribution is 1.29. The van der Waals surface area contributed by atoms with E-state index < -0.39 is 0 Å². The second-order valence-electron chi connectivity index (χ2n) is 19.4. The van der Waals surface area contributed by atoms with E-state index >= 15 is 0 Å². The van der Waals surface area contributed by atoms with Gasteiger partial charge in [0.05, 0.1) is 0 Å². The lowest BCUT2D eigenvalue weighted by atomic mass is 9.82. The van der Waals surface area contributed by atoms with Gasteiger partial charge in [-0.05, 0) is 174 Å². The predicted molar refractivity (Wildman–Crippen MR) is 317 cm³/mol. The van der Waals surface area contributed by atoms with Gasteiger partial charge in [0.15, 0.2) is 0 Å². The van der Waals surface area contributed by atoms with E-state index in [2.05, 4.69) is 303 Å². The molecular weight excluding hydrogens is 893 g/mol. The second-order valence-corrected chi connectivity index (χ2v) is 19.4. The average molecular weight is 945 g/mol. The molecule has 0 aliphatic carbocycles. The molecule has 0 N–H and O–H groups in total. The Kier molecular flexibility index (Phi) is 11.4. The molecule has 0 amide bonds. The summed E-state index contributed by atoms with van der Waals surface area (Å²) in [5, 5.41) is 9.78. The predicted octanol–water partition coefficient (Wildman–Crippen LogP) is 20.5. The van der Waals surface area contributed by atoms with Gasteiger partial charge in [-0.2, -0.15) is 0 Å². The molecule has 0 spiro atoms. The summed E-state index contributed by atoms with van der Waals surface area (Å²) in [5.41, 5.74) is 18.8. The maximum atomic E-state index is 2.39. The zero-order chi connectivity index (χ0) is 49.5. The van der Waals surface area contributed by atoms with Gasteiger partial charge in [-0.1, -0.05) is 217 Å². The fourth-order valence-corrected chi connectivity index (χ4v) is 11.1. The number of para-hydroxylation sites is 2. The number of hydrogen-bond acceptors (Lipinski definition) is 2. The fourth-order valence-electron chi connectivity index (χ4n) is 11.1. The van der Waals surface area contributed by atoms with Crippen molar-refractivity contribution in [2.45, 2.75) is 13.8 Å². The highest BCUT2D eigenvalue weighted by atomic mass is 15.1. The molecule has 0 radical (unpaired) electrons. The number of hydrogen-bond donors (Lipinski definition) is 0. The van der Waals surface area contributed by atoms with Crippen LogP contribution in [0, 0.1) is 13.8 Å². The van der Waals surface area contributed by atoms with Crippen molar-refractivity contribution in [2.75, 3.05) is 9.80 Å². The van der Waals surface area contributed by atoms with Crippen LogP contribution in [0.1, 0.15) is 11.1 Å². The first-order valence-electron chi connectivity index (χ1n) is 25.6. The van der Waals surface area contributed by atoms with Crippen LogP contribution < -0.4 is 9.80 Å². The van der Waals surface area contributed by atoms with Crippen LogP contribution in [0.4, 0.5) is 34.1 Å². The second kappa shape index (κ2) is 18.9. The summed E-state index contributed by atoms with van der Waals surface area (Å²) in [6, 6.07) is 102. The molecule has 0 unspecified atom stereocenters. The van der Waals surface area contributed by atoms with Gasteiger partial charge >= 0.3 is 0 Å². The molecule has 2 nitrogen and oxygen atoms in total. The minimum absolute atomic E-state index is 1.10. The summed E-state index contributed by atoms with van der Waals surface area (Å²) in [5.74, 6) is 0. The van der Waals surface area contributed by atoms with Crippen molar-refractivity contribution >= 4 is 77.2 Å².